The topological polar surface area (TPSA) is 85.8 Å². The minimum atomic E-state index is -0.377. The van der Waals surface area contributed by atoms with Crippen molar-refractivity contribution in [2.75, 3.05) is 5.84 Å². The van der Waals surface area contributed by atoms with Gasteiger partial charge in [0.2, 0.25) is 11.1 Å². The number of amides is 1. The van der Waals surface area contributed by atoms with E-state index < -0.39 is 0 Å². The second kappa shape index (κ2) is 5.77. The molecule has 0 saturated heterocycles. The lowest BCUT2D eigenvalue weighted by Crippen LogP contribution is -2.30. The van der Waals surface area contributed by atoms with Crippen molar-refractivity contribution in [2.24, 2.45) is 0 Å². The minimum absolute atomic E-state index is 0.00523. The second-order valence-electron chi connectivity index (χ2n) is 5.09. The highest BCUT2D eigenvalue weighted by molar-refractivity contribution is 8.00. The van der Waals surface area contributed by atoms with E-state index in [1.165, 1.54) is 16.4 Å². The van der Waals surface area contributed by atoms with E-state index in [2.05, 4.69) is 15.5 Å². The fourth-order valence-corrected chi connectivity index (χ4v) is 2.95. The number of rotatable bonds is 5. The maximum Gasteiger partial charge on any atom is 0.238 e. The Labute approximate surface area is 127 Å². The third-order valence-corrected chi connectivity index (χ3v) is 4.53. The van der Waals surface area contributed by atoms with Gasteiger partial charge in [-0.15, -0.1) is 10.2 Å². The summed E-state index contributed by atoms with van der Waals surface area (Å²) in [6.07, 6.45) is 2.12. The number of hydrogen-bond acceptors (Lipinski definition) is 5. The molecule has 1 atom stereocenters. The number of nitrogens with zero attached hydrogens (tertiary/aromatic N) is 3. The summed E-state index contributed by atoms with van der Waals surface area (Å²) < 4.78 is 1.41. The molecule has 0 radical (unpaired) electrons. The normalized spacial score (nSPS) is 15.7. The number of nitrogen functional groups attached to an aromatic ring is 1. The highest BCUT2D eigenvalue weighted by Crippen LogP contribution is 2.35. The quantitative estimate of drug-likeness (QED) is 0.644. The summed E-state index contributed by atoms with van der Waals surface area (Å²) in [6.45, 7) is 1.78. The first-order valence-corrected chi connectivity index (χ1v) is 7.72. The van der Waals surface area contributed by atoms with Crippen LogP contribution in [0, 0.1) is 6.92 Å². The van der Waals surface area contributed by atoms with Crippen molar-refractivity contribution in [3.05, 3.63) is 41.7 Å². The van der Waals surface area contributed by atoms with Crippen LogP contribution in [0.2, 0.25) is 0 Å². The molecule has 3 rings (SSSR count). The molecule has 7 heteroatoms. The number of aryl methyl sites for hydroxylation is 1. The average Bonchev–Trinajstić information content (AvgIpc) is 3.25. The number of aromatic nitrogens is 3. The monoisotopic (exact) mass is 303 g/mol. The Hall–Kier alpha value is -2.02. The van der Waals surface area contributed by atoms with E-state index in [4.69, 9.17) is 5.84 Å². The molecule has 1 aliphatic rings. The van der Waals surface area contributed by atoms with Crippen molar-refractivity contribution < 1.29 is 4.79 Å². The predicted octanol–water partition coefficient (Wildman–Crippen LogP) is 1.41. The maximum atomic E-state index is 12.5. The Morgan fingerprint density at radius 1 is 1.38 bits per heavy atom. The highest BCUT2D eigenvalue weighted by atomic mass is 32.2. The van der Waals surface area contributed by atoms with Gasteiger partial charge >= 0.3 is 0 Å². The van der Waals surface area contributed by atoms with Gasteiger partial charge in [0, 0.05) is 6.04 Å². The van der Waals surface area contributed by atoms with Gasteiger partial charge in [-0.25, -0.2) is 4.68 Å². The summed E-state index contributed by atoms with van der Waals surface area (Å²) in [5, 5.41) is 11.2. The first-order valence-electron chi connectivity index (χ1n) is 6.84. The van der Waals surface area contributed by atoms with E-state index in [0.717, 1.165) is 18.4 Å². The molecule has 0 unspecified atom stereocenters. The molecule has 1 aromatic carbocycles. The molecular weight excluding hydrogens is 286 g/mol. The first kappa shape index (κ1) is 13.9. The van der Waals surface area contributed by atoms with Gasteiger partial charge < -0.3 is 11.2 Å². The van der Waals surface area contributed by atoms with Crippen molar-refractivity contribution in [3.63, 3.8) is 0 Å². The van der Waals surface area contributed by atoms with Crippen molar-refractivity contribution in [3.8, 4) is 0 Å². The lowest BCUT2D eigenvalue weighted by Gasteiger charge is -2.16. The molecule has 1 saturated carbocycles. The van der Waals surface area contributed by atoms with Gasteiger partial charge in [0.05, 0.1) is 0 Å². The zero-order chi connectivity index (χ0) is 14.8. The number of benzene rings is 1. The van der Waals surface area contributed by atoms with Crippen LogP contribution in [-0.4, -0.2) is 26.8 Å². The summed E-state index contributed by atoms with van der Waals surface area (Å²) in [5.41, 5.74) is 0.932. The molecule has 3 N–H and O–H groups in total. The molecule has 1 aromatic heterocycles. The lowest BCUT2D eigenvalue weighted by molar-refractivity contribution is -0.120. The van der Waals surface area contributed by atoms with Crippen LogP contribution in [0.25, 0.3) is 0 Å². The van der Waals surface area contributed by atoms with Gasteiger partial charge in [0.25, 0.3) is 0 Å². The van der Waals surface area contributed by atoms with Gasteiger partial charge in [0.1, 0.15) is 11.1 Å². The van der Waals surface area contributed by atoms with E-state index in [9.17, 15) is 4.79 Å². The van der Waals surface area contributed by atoms with Crippen LogP contribution in [0.4, 0.5) is 0 Å². The molecule has 1 aliphatic carbocycles. The van der Waals surface area contributed by atoms with Crippen LogP contribution in [0.3, 0.4) is 0 Å². The van der Waals surface area contributed by atoms with Crippen LogP contribution in [0.5, 0.6) is 0 Å². The van der Waals surface area contributed by atoms with Crippen molar-refractivity contribution in [1.82, 2.24) is 20.2 Å². The third kappa shape index (κ3) is 3.18. The SMILES string of the molecule is Cc1nnc(S[C@@H](C(=O)NC2CC2)c2ccccc2)n1N. The predicted molar refractivity (Wildman–Crippen MR) is 81.1 cm³/mol. The number of hydrogen-bond donors (Lipinski definition) is 2. The zero-order valence-electron chi connectivity index (χ0n) is 11.7. The fourth-order valence-electron chi connectivity index (χ4n) is 1.94. The summed E-state index contributed by atoms with van der Waals surface area (Å²) in [5.74, 6) is 6.49. The van der Waals surface area contributed by atoms with Crippen LogP contribution >= 0.6 is 11.8 Å². The molecule has 0 bridgehead atoms. The molecule has 21 heavy (non-hydrogen) atoms. The smallest absolute Gasteiger partial charge is 0.238 e. The molecule has 110 valence electrons. The van der Waals surface area contributed by atoms with Gasteiger partial charge in [-0.3, -0.25) is 4.79 Å². The molecule has 0 aliphatic heterocycles. The van der Waals surface area contributed by atoms with Crippen LogP contribution in [0.1, 0.15) is 29.5 Å². The minimum Gasteiger partial charge on any atom is -0.352 e. The van der Waals surface area contributed by atoms with E-state index in [-0.39, 0.29) is 11.2 Å². The summed E-state index contributed by atoms with van der Waals surface area (Å²) >= 11 is 1.32. The first-order chi connectivity index (χ1) is 10.1. The molecule has 1 heterocycles. The molecule has 0 spiro atoms. The van der Waals surface area contributed by atoms with Gasteiger partial charge in [-0.1, -0.05) is 42.1 Å². The Kier molecular flexibility index (Phi) is 3.83. The van der Waals surface area contributed by atoms with Gasteiger partial charge in [0.15, 0.2) is 0 Å². The van der Waals surface area contributed by atoms with Crippen molar-refractivity contribution in [1.29, 1.82) is 0 Å². The molecule has 1 fully saturated rings. The summed E-state index contributed by atoms with van der Waals surface area (Å²) in [4.78, 5) is 12.5. The molecule has 1 amide bonds. The summed E-state index contributed by atoms with van der Waals surface area (Å²) in [7, 11) is 0. The largest absolute Gasteiger partial charge is 0.352 e. The lowest BCUT2D eigenvalue weighted by atomic mass is 10.1. The number of thioether (sulfide) groups is 1. The highest BCUT2D eigenvalue weighted by Gasteiger charge is 2.30. The zero-order valence-corrected chi connectivity index (χ0v) is 12.5. The van der Waals surface area contributed by atoms with Crippen molar-refractivity contribution >= 4 is 17.7 Å². The van der Waals surface area contributed by atoms with Crippen LogP contribution in [0.15, 0.2) is 35.5 Å². The van der Waals surface area contributed by atoms with E-state index in [0.29, 0.717) is 17.0 Å². The summed E-state index contributed by atoms with van der Waals surface area (Å²) in [6, 6.07) is 9.97. The van der Waals surface area contributed by atoms with Crippen molar-refractivity contribution in [2.45, 2.75) is 36.2 Å². The molecule has 2 aromatic rings. The Morgan fingerprint density at radius 2 is 2.10 bits per heavy atom. The molecule has 6 nitrogen and oxygen atoms in total. The number of nitrogens with two attached hydrogens (primary N) is 1. The van der Waals surface area contributed by atoms with E-state index in [1.54, 1.807) is 6.92 Å². The average molecular weight is 303 g/mol. The van der Waals surface area contributed by atoms with Crippen LogP contribution < -0.4 is 11.2 Å². The Balaban J connectivity index is 1.84. The van der Waals surface area contributed by atoms with Crippen LogP contribution in [-0.2, 0) is 4.79 Å². The molecular formula is C14H17N5OS. The standard InChI is InChI=1S/C14H17N5OS/c1-9-17-18-14(19(9)15)21-12(10-5-3-2-4-6-10)13(20)16-11-7-8-11/h2-6,11-12H,7-8,15H2,1H3,(H,16,20)/t12-/m1/s1. The number of nitrogens with one attached hydrogen (secondary N) is 1. The van der Waals surface area contributed by atoms with E-state index in [1.807, 2.05) is 30.3 Å². The number of carbonyl (C=O) groups excluding carboxylic acids is 1. The second-order valence-corrected chi connectivity index (χ2v) is 6.16. The Bertz CT molecular complexity index is 638. The maximum absolute atomic E-state index is 12.5. The van der Waals surface area contributed by atoms with Gasteiger partial charge in [-0.2, -0.15) is 0 Å². The third-order valence-electron chi connectivity index (χ3n) is 3.32. The Morgan fingerprint density at radius 3 is 2.67 bits per heavy atom. The number of carbonyl (C=O) groups is 1. The van der Waals surface area contributed by atoms with Gasteiger partial charge in [-0.05, 0) is 25.3 Å². The van der Waals surface area contributed by atoms with E-state index >= 15 is 0 Å². The fraction of sp³-hybridized carbons (Fsp3) is 0.357.